The van der Waals surface area contributed by atoms with Gasteiger partial charge in [0.1, 0.15) is 5.69 Å². The Bertz CT molecular complexity index is 871. The first kappa shape index (κ1) is 20.0. The second kappa shape index (κ2) is 8.49. The number of phenols is 1. The van der Waals surface area contributed by atoms with Crippen LogP contribution in [0.4, 0.5) is 17.2 Å². The number of nitro groups is 1. The first-order chi connectivity index (χ1) is 13.4. The van der Waals surface area contributed by atoms with Crippen LogP contribution in [-0.2, 0) is 6.54 Å². The summed E-state index contributed by atoms with van der Waals surface area (Å²) in [6, 6.07) is 5.36. The Morgan fingerprint density at radius 1 is 1.46 bits per heavy atom. The monoisotopic (exact) mass is 407 g/mol. The Morgan fingerprint density at radius 3 is 2.82 bits per heavy atom. The number of benzene rings is 1. The van der Waals surface area contributed by atoms with E-state index in [0.29, 0.717) is 5.75 Å². The van der Waals surface area contributed by atoms with Crippen LogP contribution in [-0.4, -0.2) is 46.2 Å². The van der Waals surface area contributed by atoms with Crippen LogP contribution in [0.1, 0.15) is 18.4 Å². The summed E-state index contributed by atoms with van der Waals surface area (Å²) < 4.78 is 5.15. The standard InChI is InChI=1S/C18H22ClN5O4/c1-28-15-8-11(2-3-14(15)25)10-23-6-4-12(5-7-23)22-16-13(19)9-21-18(20)17(16)24(26)27/h2-3,8-9,12,25H,4-7,10H2,1H3,(H3,20,21,22). The Labute approximate surface area is 167 Å². The SMILES string of the molecule is COc1cc(CN2CCC(Nc3c(Cl)cnc(N)c3[N+](=O)[O-])CC2)ccc1O. The number of hydrogen-bond donors (Lipinski definition) is 3. The number of phenolic OH excluding ortho intramolecular Hbond substituents is 1. The number of nitrogen functional groups attached to an aromatic ring is 1. The third-order valence-electron chi connectivity index (χ3n) is 4.80. The minimum Gasteiger partial charge on any atom is -0.504 e. The zero-order valence-electron chi connectivity index (χ0n) is 15.4. The van der Waals surface area contributed by atoms with Gasteiger partial charge in [0.2, 0.25) is 5.82 Å². The lowest BCUT2D eigenvalue weighted by atomic mass is 10.0. The lowest BCUT2D eigenvalue weighted by Crippen LogP contribution is -2.38. The molecule has 2 aromatic rings. The predicted octanol–water partition coefficient (Wildman–Crippen LogP) is 3.02. The van der Waals surface area contributed by atoms with Crippen molar-refractivity contribution in [2.45, 2.75) is 25.4 Å². The molecule has 28 heavy (non-hydrogen) atoms. The summed E-state index contributed by atoms with van der Waals surface area (Å²) in [5.41, 5.74) is 6.63. The van der Waals surface area contributed by atoms with Gasteiger partial charge in [0, 0.05) is 25.7 Å². The quantitative estimate of drug-likeness (QED) is 0.492. The molecule has 1 aromatic carbocycles. The summed E-state index contributed by atoms with van der Waals surface area (Å²) in [6.45, 7) is 2.35. The van der Waals surface area contributed by atoms with Crippen LogP contribution in [0.3, 0.4) is 0 Å². The number of nitrogens with two attached hydrogens (primary N) is 1. The van der Waals surface area contributed by atoms with Crippen molar-refractivity contribution in [3.8, 4) is 11.5 Å². The van der Waals surface area contributed by atoms with Crippen molar-refractivity contribution in [3.63, 3.8) is 0 Å². The lowest BCUT2D eigenvalue weighted by molar-refractivity contribution is -0.383. The molecule has 9 nitrogen and oxygen atoms in total. The third-order valence-corrected chi connectivity index (χ3v) is 5.09. The first-order valence-corrected chi connectivity index (χ1v) is 9.20. The molecule has 1 aliphatic rings. The highest BCUT2D eigenvalue weighted by Crippen LogP contribution is 2.36. The number of ether oxygens (including phenoxy) is 1. The van der Waals surface area contributed by atoms with Crippen LogP contribution < -0.4 is 15.8 Å². The van der Waals surface area contributed by atoms with E-state index in [1.165, 1.54) is 13.3 Å². The van der Waals surface area contributed by atoms with Gasteiger partial charge in [-0.2, -0.15) is 0 Å². The number of halogens is 1. The molecule has 0 unspecified atom stereocenters. The van der Waals surface area contributed by atoms with Gasteiger partial charge in [-0.3, -0.25) is 15.0 Å². The Hall–Kier alpha value is -2.78. The molecule has 3 rings (SSSR count). The number of anilines is 2. The molecule has 0 aliphatic carbocycles. The second-order valence-corrected chi connectivity index (χ2v) is 7.08. The zero-order valence-corrected chi connectivity index (χ0v) is 16.1. The molecule has 1 aliphatic heterocycles. The molecule has 1 saturated heterocycles. The second-order valence-electron chi connectivity index (χ2n) is 6.67. The summed E-state index contributed by atoms with van der Waals surface area (Å²) in [6.07, 6.45) is 2.91. The van der Waals surface area contributed by atoms with E-state index in [1.54, 1.807) is 6.07 Å². The van der Waals surface area contributed by atoms with Crippen molar-refractivity contribution < 1.29 is 14.8 Å². The van der Waals surface area contributed by atoms with E-state index in [9.17, 15) is 15.2 Å². The van der Waals surface area contributed by atoms with Crippen molar-refractivity contribution in [2.75, 3.05) is 31.2 Å². The lowest BCUT2D eigenvalue weighted by Gasteiger charge is -2.33. The number of piperidine rings is 1. The summed E-state index contributed by atoms with van der Waals surface area (Å²) >= 11 is 6.11. The average molecular weight is 408 g/mol. The number of nitrogens with zero attached hydrogens (tertiary/aromatic N) is 3. The fraction of sp³-hybridized carbons (Fsp3) is 0.389. The van der Waals surface area contributed by atoms with Gasteiger partial charge in [-0.1, -0.05) is 17.7 Å². The molecule has 1 aromatic heterocycles. The maximum Gasteiger partial charge on any atom is 0.335 e. The number of rotatable bonds is 6. The van der Waals surface area contributed by atoms with Gasteiger partial charge in [0.25, 0.3) is 0 Å². The predicted molar refractivity (Wildman–Crippen MR) is 107 cm³/mol. The molecule has 0 spiro atoms. The maximum atomic E-state index is 11.3. The van der Waals surface area contributed by atoms with Gasteiger partial charge in [0.05, 0.1) is 23.3 Å². The van der Waals surface area contributed by atoms with Gasteiger partial charge >= 0.3 is 5.69 Å². The molecule has 0 bridgehead atoms. The van der Waals surface area contributed by atoms with Gasteiger partial charge in [-0.05, 0) is 30.5 Å². The van der Waals surface area contributed by atoms with Crippen molar-refractivity contribution in [1.29, 1.82) is 0 Å². The van der Waals surface area contributed by atoms with E-state index >= 15 is 0 Å². The maximum absolute atomic E-state index is 11.3. The number of methoxy groups -OCH3 is 1. The normalized spacial score (nSPS) is 15.4. The van der Waals surface area contributed by atoms with Gasteiger partial charge in [0.15, 0.2) is 11.5 Å². The van der Waals surface area contributed by atoms with E-state index in [0.717, 1.165) is 38.0 Å². The van der Waals surface area contributed by atoms with Crippen LogP contribution in [0.15, 0.2) is 24.4 Å². The first-order valence-electron chi connectivity index (χ1n) is 8.82. The van der Waals surface area contributed by atoms with Gasteiger partial charge < -0.3 is 20.9 Å². The van der Waals surface area contributed by atoms with E-state index in [1.807, 2.05) is 12.1 Å². The molecule has 150 valence electrons. The highest BCUT2D eigenvalue weighted by atomic mass is 35.5. The third kappa shape index (κ3) is 4.37. The molecule has 0 saturated carbocycles. The van der Waals surface area contributed by atoms with Crippen LogP contribution in [0.2, 0.25) is 5.02 Å². The Kier molecular flexibility index (Phi) is 6.05. The van der Waals surface area contributed by atoms with Crippen molar-refractivity contribution in [1.82, 2.24) is 9.88 Å². The smallest absolute Gasteiger partial charge is 0.335 e. The summed E-state index contributed by atoms with van der Waals surface area (Å²) in [4.78, 5) is 16.8. The number of hydrogen-bond acceptors (Lipinski definition) is 8. The number of aromatic hydroxyl groups is 1. The number of likely N-dealkylation sites (tertiary alicyclic amines) is 1. The zero-order chi connectivity index (χ0) is 20.3. The Morgan fingerprint density at radius 2 is 2.18 bits per heavy atom. The average Bonchev–Trinajstić information content (AvgIpc) is 2.67. The molecule has 2 heterocycles. The highest BCUT2D eigenvalue weighted by Gasteiger charge is 2.27. The molecule has 10 heteroatoms. The van der Waals surface area contributed by atoms with Crippen molar-refractivity contribution in [2.24, 2.45) is 0 Å². The minimum absolute atomic E-state index is 0.0450. The molecular weight excluding hydrogens is 386 g/mol. The number of aromatic nitrogens is 1. The van der Waals surface area contributed by atoms with Crippen LogP contribution in [0, 0.1) is 10.1 Å². The Balaban J connectivity index is 1.62. The largest absolute Gasteiger partial charge is 0.504 e. The molecule has 1 fully saturated rings. The van der Waals surface area contributed by atoms with E-state index < -0.39 is 4.92 Å². The molecule has 4 N–H and O–H groups in total. The van der Waals surface area contributed by atoms with Gasteiger partial charge in [-0.25, -0.2) is 4.98 Å². The number of nitrogens with one attached hydrogen (secondary N) is 1. The summed E-state index contributed by atoms with van der Waals surface area (Å²) in [5.74, 6) is 0.408. The fourth-order valence-electron chi connectivity index (χ4n) is 3.33. The minimum atomic E-state index is -0.566. The van der Waals surface area contributed by atoms with Gasteiger partial charge in [-0.15, -0.1) is 0 Å². The topological polar surface area (TPSA) is 127 Å². The van der Waals surface area contributed by atoms with Crippen LogP contribution in [0.25, 0.3) is 0 Å². The van der Waals surface area contributed by atoms with E-state index in [2.05, 4.69) is 15.2 Å². The van der Waals surface area contributed by atoms with E-state index in [4.69, 9.17) is 22.1 Å². The van der Waals surface area contributed by atoms with Crippen LogP contribution in [0.5, 0.6) is 11.5 Å². The van der Waals surface area contributed by atoms with Crippen molar-refractivity contribution >= 4 is 28.8 Å². The highest BCUT2D eigenvalue weighted by molar-refractivity contribution is 6.33. The molecular formula is C18H22ClN5O4. The molecule has 0 radical (unpaired) electrons. The number of pyridine rings is 1. The molecule has 0 amide bonds. The van der Waals surface area contributed by atoms with Crippen LogP contribution >= 0.6 is 11.6 Å². The molecule has 0 atom stereocenters. The van der Waals surface area contributed by atoms with E-state index in [-0.39, 0.29) is 34.0 Å². The summed E-state index contributed by atoms with van der Waals surface area (Å²) in [7, 11) is 1.52. The summed E-state index contributed by atoms with van der Waals surface area (Å²) in [5, 5.41) is 24.4. The van der Waals surface area contributed by atoms with Crippen molar-refractivity contribution in [3.05, 3.63) is 45.1 Å². The fourth-order valence-corrected chi connectivity index (χ4v) is 3.53.